The van der Waals surface area contributed by atoms with Crippen molar-refractivity contribution in [3.05, 3.63) is 96.7 Å². The number of aryl methyl sites for hydroxylation is 2. The predicted octanol–water partition coefficient (Wildman–Crippen LogP) is 5.81. The summed E-state index contributed by atoms with van der Waals surface area (Å²) >= 11 is 0. The molecule has 0 saturated carbocycles. The van der Waals surface area contributed by atoms with Crippen molar-refractivity contribution in [3.63, 3.8) is 0 Å². The molecule has 4 heterocycles. The van der Waals surface area contributed by atoms with Crippen LogP contribution in [0.3, 0.4) is 0 Å². The molecule has 0 atom stereocenters. The van der Waals surface area contributed by atoms with Crippen LogP contribution < -0.4 is 5.32 Å². The number of hydrogen-bond donors (Lipinski definition) is 1. The number of carbonyl (C=O) groups excluding carboxylic acids is 1. The smallest absolute Gasteiger partial charge is 0.227 e. The molecule has 0 aliphatic heterocycles. The van der Waals surface area contributed by atoms with E-state index < -0.39 is 0 Å². The number of hydrogen-bond acceptors (Lipinski definition) is 5. The van der Waals surface area contributed by atoms with Crippen LogP contribution >= 0.6 is 0 Å². The zero-order valence-electron chi connectivity index (χ0n) is 20.7. The molecule has 1 N–H and O–H groups in total. The van der Waals surface area contributed by atoms with Gasteiger partial charge in [0.25, 0.3) is 0 Å². The van der Waals surface area contributed by atoms with E-state index in [1.54, 1.807) is 4.68 Å². The van der Waals surface area contributed by atoms with Gasteiger partial charge in [0, 0.05) is 29.8 Å². The summed E-state index contributed by atoms with van der Waals surface area (Å²) < 4.78 is 3.76. The quantitative estimate of drug-likeness (QED) is 0.324. The Morgan fingerprint density at radius 3 is 2.42 bits per heavy atom. The van der Waals surface area contributed by atoms with Gasteiger partial charge in [0.2, 0.25) is 5.91 Å². The van der Waals surface area contributed by atoms with Gasteiger partial charge in [-0.2, -0.15) is 9.78 Å². The normalized spacial score (nSPS) is 11.6. The first-order valence-corrected chi connectivity index (χ1v) is 12.5. The van der Waals surface area contributed by atoms with Gasteiger partial charge in [-0.05, 0) is 43.3 Å². The highest BCUT2D eigenvalue weighted by atomic mass is 16.1. The molecule has 0 aliphatic carbocycles. The van der Waals surface area contributed by atoms with Crippen molar-refractivity contribution in [1.29, 1.82) is 0 Å². The van der Waals surface area contributed by atoms with Crippen LogP contribution in [0.15, 0.2) is 91.0 Å². The van der Waals surface area contributed by atoms with Crippen molar-refractivity contribution in [2.45, 2.75) is 19.9 Å². The van der Waals surface area contributed by atoms with Crippen LogP contribution in [0.25, 0.3) is 49.8 Å². The molecule has 3 aromatic carbocycles. The first-order chi connectivity index (χ1) is 18.6. The number of aromatic nitrogens is 6. The lowest BCUT2D eigenvalue weighted by Crippen LogP contribution is -2.17. The zero-order valence-corrected chi connectivity index (χ0v) is 20.7. The summed E-state index contributed by atoms with van der Waals surface area (Å²) in [5.41, 5.74) is 5.97. The summed E-state index contributed by atoms with van der Waals surface area (Å²) in [6.45, 7) is 2.36. The molecule has 8 heteroatoms. The van der Waals surface area contributed by atoms with Crippen LogP contribution in [0, 0.1) is 6.92 Å². The number of fused-ring (bicyclic) bond motifs is 5. The molecule has 0 bridgehead atoms. The van der Waals surface area contributed by atoms with Gasteiger partial charge in [-0.25, -0.2) is 15.0 Å². The fraction of sp³-hybridized carbons (Fsp3) is 0.100. The summed E-state index contributed by atoms with van der Waals surface area (Å²) in [7, 11) is 0. The maximum absolute atomic E-state index is 13.2. The number of amides is 1. The molecule has 0 saturated heterocycles. The molecule has 0 radical (unpaired) electrons. The maximum Gasteiger partial charge on any atom is 0.227 e. The van der Waals surface area contributed by atoms with E-state index in [1.807, 2.05) is 91.9 Å². The topological polar surface area (TPSA) is 90.5 Å². The summed E-state index contributed by atoms with van der Waals surface area (Å²) in [5, 5.41) is 9.69. The van der Waals surface area contributed by atoms with Crippen molar-refractivity contribution in [1.82, 2.24) is 29.3 Å². The van der Waals surface area contributed by atoms with Gasteiger partial charge in [-0.15, -0.1) is 0 Å². The molecule has 4 aromatic heterocycles. The largest absolute Gasteiger partial charge is 0.323 e. The second-order valence-electron chi connectivity index (χ2n) is 9.30. The van der Waals surface area contributed by atoms with E-state index in [0.717, 1.165) is 49.7 Å². The Bertz CT molecular complexity index is 2000. The Morgan fingerprint density at radius 2 is 1.55 bits per heavy atom. The van der Waals surface area contributed by atoms with Gasteiger partial charge in [0.05, 0.1) is 27.8 Å². The highest BCUT2D eigenvalue weighted by Gasteiger charge is 2.17. The lowest BCUT2D eigenvalue weighted by atomic mass is 10.2. The van der Waals surface area contributed by atoms with Gasteiger partial charge < -0.3 is 9.88 Å². The minimum absolute atomic E-state index is 0.119. The molecule has 0 spiro atoms. The minimum Gasteiger partial charge on any atom is -0.323 e. The Kier molecular flexibility index (Phi) is 5.11. The molecule has 7 rings (SSSR count). The van der Waals surface area contributed by atoms with Gasteiger partial charge in [0.1, 0.15) is 11.3 Å². The van der Waals surface area contributed by atoms with Crippen LogP contribution in [-0.4, -0.2) is 35.2 Å². The summed E-state index contributed by atoms with van der Waals surface area (Å²) in [5.74, 6) is 1.12. The lowest BCUT2D eigenvalue weighted by Gasteiger charge is -2.10. The zero-order chi connectivity index (χ0) is 25.6. The molecule has 7 aromatic rings. The minimum atomic E-state index is -0.119. The third-order valence-corrected chi connectivity index (χ3v) is 6.72. The van der Waals surface area contributed by atoms with Crippen molar-refractivity contribution < 1.29 is 4.79 Å². The third-order valence-electron chi connectivity index (χ3n) is 6.72. The Balaban J connectivity index is 1.19. The summed E-state index contributed by atoms with van der Waals surface area (Å²) in [6, 6.07) is 29.6. The standard InChI is InChI=1S/C30H23N7O/c1-19-18-27(37(35-19)26-15-14-20-8-2-4-10-22(20)31-26)34-28(38)16-17-36-25-13-7-3-9-21(25)29-30(36)33-24-12-6-5-11-23(24)32-29/h2-15,18H,16-17H2,1H3,(H,34,38). The highest BCUT2D eigenvalue weighted by molar-refractivity contribution is 6.06. The van der Waals surface area contributed by atoms with Crippen LogP contribution in [0.1, 0.15) is 12.1 Å². The van der Waals surface area contributed by atoms with E-state index in [9.17, 15) is 4.79 Å². The molecule has 0 aliphatic rings. The van der Waals surface area contributed by atoms with Crippen molar-refractivity contribution in [2.24, 2.45) is 0 Å². The van der Waals surface area contributed by atoms with Gasteiger partial charge in [-0.3, -0.25) is 4.79 Å². The van der Waals surface area contributed by atoms with Crippen molar-refractivity contribution >= 4 is 55.7 Å². The second-order valence-corrected chi connectivity index (χ2v) is 9.30. The lowest BCUT2D eigenvalue weighted by molar-refractivity contribution is -0.116. The predicted molar refractivity (Wildman–Crippen MR) is 149 cm³/mol. The first kappa shape index (κ1) is 22.1. The fourth-order valence-electron chi connectivity index (χ4n) is 4.96. The SMILES string of the molecule is Cc1cc(NC(=O)CCn2c3ccccc3c3nc4ccccc4nc32)n(-c2ccc3ccccc3n2)n1. The number of rotatable bonds is 5. The van der Waals surface area contributed by atoms with E-state index in [-0.39, 0.29) is 12.3 Å². The summed E-state index contributed by atoms with van der Waals surface area (Å²) in [6.07, 6.45) is 0.262. The van der Waals surface area contributed by atoms with Crippen LogP contribution in [0.2, 0.25) is 0 Å². The molecular formula is C30H23N7O. The Hall–Kier alpha value is -5.11. The van der Waals surface area contributed by atoms with E-state index in [2.05, 4.69) is 21.0 Å². The Labute approximate surface area is 217 Å². The number of nitrogens with zero attached hydrogens (tertiary/aromatic N) is 6. The van der Waals surface area contributed by atoms with Gasteiger partial charge in [-0.1, -0.05) is 48.5 Å². The number of nitrogens with one attached hydrogen (secondary N) is 1. The van der Waals surface area contributed by atoms with Crippen LogP contribution in [0.4, 0.5) is 5.82 Å². The van der Waals surface area contributed by atoms with E-state index in [1.165, 1.54) is 0 Å². The molecule has 8 nitrogen and oxygen atoms in total. The summed E-state index contributed by atoms with van der Waals surface area (Å²) in [4.78, 5) is 27.7. The molecule has 38 heavy (non-hydrogen) atoms. The molecule has 0 fully saturated rings. The molecule has 1 amide bonds. The molecular weight excluding hydrogens is 474 g/mol. The van der Waals surface area contributed by atoms with E-state index in [4.69, 9.17) is 15.0 Å². The molecule has 184 valence electrons. The number of para-hydroxylation sites is 4. The number of benzene rings is 3. The van der Waals surface area contributed by atoms with Gasteiger partial charge >= 0.3 is 0 Å². The van der Waals surface area contributed by atoms with E-state index >= 15 is 0 Å². The third kappa shape index (κ3) is 3.74. The monoisotopic (exact) mass is 497 g/mol. The highest BCUT2D eigenvalue weighted by Crippen LogP contribution is 2.28. The van der Waals surface area contributed by atoms with Gasteiger partial charge in [0.15, 0.2) is 11.5 Å². The van der Waals surface area contributed by atoms with E-state index in [0.29, 0.717) is 18.2 Å². The fourth-order valence-corrected chi connectivity index (χ4v) is 4.96. The van der Waals surface area contributed by atoms with Crippen LogP contribution in [-0.2, 0) is 11.3 Å². The second kappa shape index (κ2) is 8.77. The maximum atomic E-state index is 13.2. The van der Waals surface area contributed by atoms with Crippen molar-refractivity contribution in [3.8, 4) is 5.82 Å². The van der Waals surface area contributed by atoms with Crippen molar-refractivity contribution in [2.75, 3.05) is 5.32 Å². The Morgan fingerprint density at radius 1 is 0.816 bits per heavy atom. The average Bonchev–Trinajstić information content (AvgIpc) is 3.46. The number of pyridine rings is 1. The number of carbonyl (C=O) groups is 1. The number of anilines is 1. The van der Waals surface area contributed by atoms with Crippen LogP contribution in [0.5, 0.6) is 0 Å². The first-order valence-electron chi connectivity index (χ1n) is 12.5. The average molecular weight is 498 g/mol. The molecule has 0 unspecified atom stereocenters.